The fraction of sp³-hybridized carbons (Fsp3) is 0.800. The number of esters is 2. The van der Waals surface area contributed by atoms with Crippen molar-refractivity contribution in [3.05, 3.63) is 0 Å². The molecule has 0 bridgehead atoms. The Morgan fingerprint density at radius 1 is 1.13 bits per heavy atom. The van der Waals surface area contributed by atoms with E-state index in [2.05, 4.69) is 0 Å². The van der Waals surface area contributed by atoms with Crippen LogP contribution in [0.3, 0.4) is 0 Å². The molecule has 0 aromatic rings. The second-order valence-corrected chi connectivity index (χ2v) is 4.10. The molecule has 0 aliphatic rings. The van der Waals surface area contributed by atoms with Crippen LogP contribution in [-0.4, -0.2) is 30.7 Å². The topological polar surface area (TPSA) is 78.6 Å². The molecule has 0 saturated heterocycles. The number of hydrogen-bond acceptors (Lipinski definition) is 5. The minimum Gasteiger partial charge on any atom is -0.464 e. The van der Waals surface area contributed by atoms with Gasteiger partial charge in [0.05, 0.1) is 12.8 Å². The zero-order chi connectivity index (χ0) is 11.9. The molecule has 5 heteroatoms. The molecule has 2 N–H and O–H groups in total. The summed E-state index contributed by atoms with van der Waals surface area (Å²) in [7, 11) is 0. The first kappa shape index (κ1) is 13.9. The summed E-state index contributed by atoms with van der Waals surface area (Å²) < 4.78 is 9.72. The number of nitrogens with two attached hydrogens (primary N) is 1. The predicted molar refractivity (Wildman–Crippen MR) is 55.1 cm³/mol. The van der Waals surface area contributed by atoms with Crippen LogP contribution < -0.4 is 5.73 Å². The average molecular weight is 217 g/mol. The lowest BCUT2D eigenvalue weighted by Crippen LogP contribution is -2.24. The van der Waals surface area contributed by atoms with Gasteiger partial charge in [-0.2, -0.15) is 0 Å². The normalized spacial score (nSPS) is 10.9. The van der Waals surface area contributed by atoms with Crippen LogP contribution in [-0.2, 0) is 19.1 Å². The summed E-state index contributed by atoms with van der Waals surface area (Å²) in [5.41, 5.74) is 4.63. The third-order valence-corrected chi connectivity index (χ3v) is 1.33. The molecule has 0 unspecified atom stereocenters. The molecule has 0 atom stereocenters. The first-order valence-corrected chi connectivity index (χ1v) is 4.92. The van der Waals surface area contributed by atoms with Crippen molar-refractivity contribution >= 4 is 11.9 Å². The first-order valence-electron chi connectivity index (χ1n) is 4.92. The molecular formula is C10H19NO4. The Bertz CT molecular complexity index is 220. The number of ether oxygens (including phenoxy) is 2. The van der Waals surface area contributed by atoms with E-state index in [1.54, 1.807) is 20.8 Å². The number of rotatable bonds is 5. The van der Waals surface area contributed by atoms with Gasteiger partial charge in [0.2, 0.25) is 0 Å². The Morgan fingerprint density at radius 3 is 2.13 bits per heavy atom. The van der Waals surface area contributed by atoms with Crippen LogP contribution >= 0.6 is 0 Å². The Labute approximate surface area is 89.9 Å². The fourth-order valence-corrected chi connectivity index (χ4v) is 0.842. The van der Waals surface area contributed by atoms with Crippen LogP contribution in [0.1, 0.15) is 33.6 Å². The molecule has 0 aromatic carbocycles. The molecule has 0 saturated carbocycles. The lowest BCUT2D eigenvalue weighted by atomic mass is 10.2. The molecule has 0 aromatic heterocycles. The zero-order valence-electron chi connectivity index (χ0n) is 9.54. The summed E-state index contributed by atoms with van der Waals surface area (Å²) >= 11 is 0. The van der Waals surface area contributed by atoms with Crippen molar-refractivity contribution in [3.63, 3.8) is 0 Å². The Hall–Kier alpha value is -1.10. The zero-order valence-corrected chi connectivity index (χ0v) is 9.54. The Kier molecular flexibility index (Phi) is 5.93. The van der Waals surface area contributed by atoms with Gasteiger partial charge in [-0.05, 0) is 20.8 Å². The molecule has 0 spiro atoms. The van der Waals surface area contributed by atoms with E-state index in [1.165, 1.54) is 0 Å². The molecule has 15 heavy (non-hydrogen) atoms. The van der Waals surface area contributed by atoms with Crippen molar-refractivity contribution in [1.82, 2.24) is 0 Å². The van der Waals surface area contributed by atoms with Gasteiger partial charge in [-0.15, -0.1) is 0 Å². The maximum Gasteiger partial charge on any atom is 0.306 e. The van der Waals surface area contributed by atoms with Gasteiger partial charge in [0, 0.05) is 6.54 Å². The third-order valence-electron chi connectivity index (χ3n) is 1.33. The Morgan fingerprint density at radius 2 is 1.67 bits per heavy atom. The molecule has 5 nitrogen and oxygen atoms in total. The molecule has 0 heterocycles. The monoisotopic (exact) mass is 217 g/mol. The molecule has 0 fully saturated rings. The van der Waals surface area contributed by atoms with Gasteiger partial charge < -0.3 is 15.2 Å². The molecule has 0 amide bonds. The SMILES string of the molecule is CC(C)(C)OC(=O)CCC(=O)OCCN. The van der Waals surface area contributed by atoms with E-state index in [9.17, 15) is 9.59 Å². The van der Waals surface area contributed by atoms with E-state index >= 15 is 0 Å². The highest BCUT2D eigenvalue weighted by molar-refractivity contribution is 5.77. The van der Waals surface area contributed by atoms with Crippen molar-refractivity contribution in [2.24, 2.45) is 5.73 Å². The van der Waals surface area contributed by atoms with Gasteiger partial charge in [-0.3, -0.25) is 9.59 Å². The second-order valence-electron chi connectivity index (χ2n) is 4.10. The predicted octanol–water partition coefficient (Wildman–Crippen LogP) is 0.610. The third kappa shape index (κ3) is 9.21. The number of hydrogen-bond donors (Lipinski definition) is 1. The molecule has 88 valence electrons. The van der Waals surface area contributed by atoms with E-state index in [4.69, 9.17) is 15.2 Å². The molecule has 0 rings (SSSR count). The largest absolute Gasteiger partial charge is 0.464 e. The number of carbonyl (C=O) groups is 2. The van der Waals surface area contributed by atoms with Crippen molar-refractivity contribution in [2.75, 3.05) is 13.2 Å². The van der Waals surface area contributed by atoms with E-state index in [0.29, 0.717) is 0 Å². The van der Waals surface area contributed by atoms with Gasteiger partial charge in [0.25, 0.3) is 0 Å². The van der Waals surface area contributed by atoms with Crippen molar-refractivity contribution in [3.8, 4) is 0 Å². The van der Waals surface area contributed by atoms with E-state index in [0.717, 1.165) is 0 Å². The Balaban J connectivity index is 3.67. The summed E-state index contributed by atoms with van der Waals surface area (Å²) in [6, 6.07) is 0. The highest BCUT2D eigenvalue weighted by Gasteiger charge is 2.17. The summed E-state index contributed by atoms with van der Waals surface area (Å²) in [5.74, 6) is -0.821. The minimum atomic E-state index is -0.516. The fourth-order valence-electron chi connectivity index (χ4n) is 0.842. The quantitative estimate of drug-likeness (QED) is 0.682. The van der Waals surface area contributed by atoms with Crippen LogP contribution in [0.25, 0.3) is 0 Å². The van der Waals surface area contributed by atoms with Crippen LogP contribution in [0.4, 0.5) is 0 Å². The van der Waals surface area contributed by atoms with E-state index < -0.39 is 17.5 Å². The first-order chi connectivity index (χ1) is 6.85. The van der Waals surface area contributed by atoms with Crippen LogP contribution in [0.15, 0.2) is 0 Å². The maximum atomic E-state index is 11.2. The standard InChI is InChI=1S/C10H19NO4/c1-10(2,3)15-9(13)5-4-8(12)14-7-6-11/h4-7,11H2,1-3H3. The van der Waals surface area contributed by atoms with Gasteiger partial charge in [-0.25, -0.2) is 0 Å². The minimum absolute atomic E-state index is 0.0366. The molecule has 0 aliphatic carbocycles. The van der Waals surface area contributed by atoms with Gasteiger partial charge in [-0.1, -0.05) is 0 Å². The summed E-state index contributed by atoms with van der Waals surface area (Å²) in [6.07, 6.45) is 0.0790. The number of carbonyl (C=O) groups excluding carboxylic acids is 2. The average Bonchev–Trinajstić information content (AvgIpc) is 2.08. The van der Waals surface area contributed by atoms with Gasteiger partial charge >= 0.3 is 11.9 Å². The van der Waals surface area contributed by atoms with E-state index in [-0.39, 0.29) is 26.0 Å². The van der Waals surface area contributed by atoms with Gasteiger partial charge in [0.1, 0.15) is 12.2 Å². The lowest BCUT2D eigenvalue weighted by molar-refractivity contribution is -0.158. The van der Waals surface area contributed by atoms with Crippen LogP contribution in [0.5, 0.6) is 0 Å². The highest BCUT2D eigenvalue weighted by Crippen LogP contribution is 2.09. The lowest BCUT2D eigenvalue weighted by Gasteiger charge is -2.19. The van der Waals surface area contributed by atoms with Crippen molar-refractivity contribution in [1.29, 1.82) is 0 Å². The maximum absolute atomic E-state index is 11.2. The van der Waals surface area contributed by atoms with Crippen LogP contribution in [0, 0.1) is 0 Å². The summed E-state index contributed by atoms with van der Waals surface area (Å²) in [4.78, 5) is 22.2. The van der Waals surface area contributed by atoms with Crippen LogP contribution in [0.2, 0.25) is 0 Å². The van der Waals surface area contributed by atoms with Crippen molar-refractivity contribution in [2.45, 2.75) is 39.2 Å². The highest BCUT2D eigenvalue weighted by atomic mass is 16.6. The molecule has 0 radical (unpaired) electrons. The van der Waals surface area contributed by atoms with Crippen molar-refractivity contribution < 1.29 is 19.1 Å². The van der Waals surface area contributed by atoms with Gasteiger partial charge in [0.15, 0.2) is 0 Å². The summed E-state index contributed by atoms with van der Waals surface area (Å²) in [6.45, 7) is 5.80. The molecule has 0 aliphatic heterocycles. The smallest absolute Gasteiger partial charge is 0.306 e. The second kappa shape index (κ2) is 6.40. The summed E-state index contributed by atoms with van der Waals surface area (Å²) in [5, 5.41) is 0. The molecular weight excluding hydrogens is 198 g/mol. The van der Waals surface area contributed by atoms with E-state index in [1.807, 2.05) is 0 Å².